The van der Waals surface area contributed by atoms with Crippen LogP contribution in [0.25, 0.3) is 10.8 Å². The molecule has 0 bridgehead atoms. The van der Waals surface area contributed by atoms with Crippen LogP contribution in [-0.2, 0) is 0 Å². The van der Waals surface area contributed by atoms with Gasteiger partial charge in [0.15, 0.2) is 0 Å². The maximum atomic E-state index is 5.96. The van der Waals surface area contributed by atoms with Crippen LogP contribution in [0.1, 0.15) is 19.3 Å². The minimum absolute atomic E-state index is 0.815. The molecule has 3 N–H and O–H groups in total. The highest BCUT2D eigenvalue weighted by atomic mass is 14.9. The average Bonchev–Trinajstić information content (AvgIpc) is 3.17. The number of hydrogen-bond donors (Lipinski definition) is 2. The van der Waals surface area contributed by atoms with Crippen LogP contribution in [0, 0.1) is 5.92 Å². The van der Waals surface area contributed by atoms with Crippen molar-refractivity contribution in [1.29, 1.82) is 0 Å². The molecule has 3 heteroatoms. The normalized spacial score (nSPS) is 15.1. The second-order valence-corrected chi connectivity index (χ2v) is 4.78. The number of nitrogens with one attached hydrogen (secondary N) is 1. The van der Waals surface area contributed by atoms with Gasteiger partial charge in [-0.1, -0.05) is 12.8 Å². The fourth-order valence-corrected chi connectivity index (χ4v) is 2.19. The first kappa shape index (κ1) is 10.4. The second kappa shape index (κ2) is 4.24. The number of anilines is 2. The van der Waals surface area contributed by atoms with Crippen molar-refractivity contribution in [1.82, 2.24) is 4.98 Å². The van der Waals surface area contributed by atoms with E-state index in [1.165, 1.54) is 19.3 Å². The summed E-state index contributed by atoms with van der Waals surface area (Å²) in [4.78, 5) is 4.17. The molecule has 1 heterocycles. The van der Waals surface area contributed by atoms with E-state index in [2.05, 4.69) is 10.3 Å². The van der Waals surface area contributed by atoms with Gasteiger partial charge in [-0.15, -0.1) is 0 Å². The lowest BCUT2D eigenvalue weighted by molar-refractivity contribution is 0.761. The summed E-state index contributed by atoms with van der Waals surface area (Å²) < 4.78 is 0. The molecule has 1 saturated carbocycles. The van der Waals surface area contributed by atoms with Crippen molar-refractivity contribution < 1.29 is 0 Å². The van der Waals surface area contributed by atoms with Gasteiger partial charge < -0.3 is 11.1 Å². The molecule has 1 aromatic heterocycles. The summed E-state index contributed by atoms with van der Waals surface area (Å²) in [5.74, 6) is 0.959. The molecule has 0 amide bonds. The molecule has 0 spiro atoms. The van der Waals surface area contributed by atoms with Crippen molar-refractivity contribution in [2.24, 2.45) is 5.92 Å². The Morgan fingerprint density at radius 2 is 2.12 bits per heavy atom. The average molecular weight is 227 g/mol. The Morgan fingerprint density at radius 3 is 2.94 bits per heavy atom. The van der Waals surface area contributed by atoms with Gasteiger partial charge in [-0.2, -0.15) is 0 Å². The zero-order valence-corrected chi connectivity index (χ0v) is 9.82. The minimum atomic E-state index is 0.815. The molecule has 0 radical (unpaired) electrons. The summed E-state index contributed by atoms with van der Waals surface area (Å²) in [5.41, 5.74) is 7.91. The van der Waals surface area contributed by atoms with Crippen molar-refractivity contribution in [2.75, 3.05) is 17.6 Å². The van der Waals surface area contributed by atoms with Crippen molar-refractivity contribution in [3.8, 4) is 0 Å². The highest BCUT2D eigenvalue weighted by Gasteiger charge is 2.20. The summed E-state index contributed by atoms with van der Waals surface area (Å²) in [6.45, 7) is 1.04. The Hall–Kier alpha value is -1.77. The number of fused-ring (bicyclic) bond motifs is 1. The van der Waals surface area contributed by atoms with Gasteiger partial charge >= 0.3 is 0 Å². The fourth-order valence-electron chi connectivity index (χ4n) is 2.19. The van der Waals surface area contributed by atoms with Crippen LogP contribution in [0.3, 0.4) is 0 Å². The Kier molecular flexibility index (Phi) is 2.59. The summed E-state index contributed by atoms with van der Waals surface area (Å²) in [5, 5.41) is 5.68. The lowest BCUT2D eigenvalue weighted by Crippen LogP contribution is -2.03. The second-order valence-electron chi connectivity index (χ2n) is 4.78. The lowest BCUT2D eigenvalue weighted by Gasteiger charge is -2.10. The van der Waals surface area contributed by atoms with Crippen LogP contribution >= 0.6 is 0 Å². The molecule has 1 fully saturated rings. The van der Waals surface area contributed by atoms with E-state index in [0.29, 0.717) is 0 Å². The molecule has 1 aliphatic carbocycles. The molecule has 1 aromatic carbocycles. The van der Waals surface area contributed by atoms with Gasteiger partial charge in [-0.3, -0.25) is 4.98 Å². The van der Waals surface area contributed by atoms with Crippen molar-refractivity contribution in [3.63, 3.8) is 0 Å². The number of hydrogen-bond acceptors (Lipinski definition) is 3. The van der Waals surface area contributed by atoms with Crippen LogP contribution < -0.4 is 11.1 Å². The topological polar surface area (TPSA) is 50.9 Å². The van der Waals surface area contributed by atoms with Gasteiger partial charge in [0.05, 0.1) is 0 Å². The van der Waals surface area contributed by atoms with Crippen LogP contribution in [-0.4, -0.2) is 11.5 Å². The third-order valence-corrected chi connectivity index (χ3v) is 3.42. The van der Waals surface area contributed by atoms with Gasteiger partial charge in [0.25, 0.3) is 0 Å². The molecular formula is C14H17N3. The quantitative estimate of drug-likeness (QED) is 0.789. The highest BCUT2D eigenvalue weighted by Crippen LogP contribution is 2.33. The number of nitrogens with two attached hydrogens (primary N) is 1. The van der Waals surface area contributed by atoms with E-state index in [1.54, 1.807) is 6.20 Å². The molecular weight excluding hydrogens is 210 g/mol. The van der Waals surface area contributed by atoms with Gasteiger partial charge in [-0.05, 0) is 30.5 Å². The van der Waals surface area contributed by atoms with Gasteiger partial charge in [0.2, 0.25) is 0 Å². The SMILES string of the molecule is Nc1ccc(NCCC2CC2)c2cnccc12. The molecule has 0 saturated heterocycles. The first-order valence-electron chi connectivity index (χ1n) is 6.20. The Morgan fingerprint density at radius 1 is 1.24 bits per heavy atom. The number of benzene rings is 1. The van der Waals surface area contributed by atoms with Crippen molar-refractivity contribution >= 4 is 22.1 Å². The van der Waals surface area contributed by atoms with E-state index in [0.717, 1.165) is 34.6 Å². The third-order valence-electron chi connectivity index (χ3n) is 3.42. The first-order valence-corrected chi connectivity index (χ1v) is 6.20. The van der Waals surface area contributed by atoms with E-state index in [9.17, 15) is 0 Å². The number of nitrogens with zero attached hydrogens (tertiary/aromatic N) is 1. The van der Waals surface area contributed by atoms with Gasteiger partial charge in [0, 0.05) is 41.1 Å². The molecule has 17 heavy (non-hydrogen) atoms. The van der Waals surface area contributed by atoms with E-state index < -0.39 is 0 Å². The zero-order chi connectivity index (χ0) is 11.7. The largest absolute Gasteiger partial charge is 0.398 e. The fraction of sp³-hybridized carbons (Fsp3) is 0.357. The molecule has 3 nitrogen and oxygen atoms in total. The number of nitrogen functional groups attached to an aromatic ring is 1. The number of aromatic nitrogens is 1. The lowest BCUT2D eigenvalue weighted by atomic mass is 10.1. The van der Waals surface area contributed by atoms with E-state index in [1.807, 2.05) is 24.4 Å². The molecule has 2 aromatic rings. The zero-order valence-electron chi connectivity index (χ0n) is 9.82. The molecule has 3 rings (SSSR count). The number of pyridine rings is 1. The van der Waals surface area contributed by atoms with Crippen LogP contribution in [0.4, 0.5) is 11.4 Å². The van der Waals surface area contributed by atoms with Crippen molar-refractivity contribution in [3.05, 3.63) is 30.6 Å². The monoisotopic (exact) mass is 227 g/mol. The minimum Gasteiger partial charge on any atom is -0.398 e. The van der Waals surface area contributed by atoms with E-state index in [-0.39, 0.29) is 0 Å². The van der Waals surface area contributed by atoms with Crippen LogP contribution in [0.2, 0.25) is 0 Å². The van der Waals surface area contributed by atoms with E-state index in [4.69, 9.17) is 5.73 Å². The molecule has 88 valence electrons. The smallest absolute Gasteiger partial charge is 0.0437 e. The van der Waals surface area contributed by atoms with Crippen LogP contribution in [0.5, 0.6) is 0 Å². The van der Waals surface area contributed by atoms with Crippen LogP contribution in [0.15, 0.2) is 30.6 Å². The predicted molar refractivity (Wildman–Crippen MR) is 72.0 cm³/mol. The molecule has 1 aliphatic rings. The highest BCUT2D eigenvalue weighted by molar-refractivity contribution is 6.00. The van der Waals surface area contributed by atoms with Gasteiger partial charge in [-0.25, -0.2) is 0 Å². The van der Waals surface area contributed by atoms with E-state index >= 15 is 0 Å². The van der Waals surface area contributed by atoms with Gasteiger partial charge in [0.1, 0.15) is 0 Å². The standard InChI is InChI=1S/C14H17N3/c15-13-3-4-14(17-8-5-10-1-2-10)12-9-16-7-6-11(12)13/h3-4,6-7,9-10,17H,1-2,5,8,15H2. The Balaban J connectivity index is 1.84. The summed E-state index contributed by atoms with van der Waals surface area (Å²) >= 11 is 0. The molecule has 0 unspecified atom stereocenters. The molecule has 0 aliphatic heterocycles. The Bertz CT molecular complexity index is 532. The summed E-state index contributed by atoms with van der Waals surface area (Å²) in [6, 6.07) is 5.98. The Labute approximate surface area is 101 Å². The maximum Gasteiger partial charge on any atom is 0.0437 e. The first-order chi connectivity index (χ1) is 8.34. The van der Waals surface area contributed by atoms with Crippen molar-refractivity contribution in [2.45, 2.75) is 19.3 Å². The summed E-state index contributed by atoms with van der Waals surface area (Å²) in [7, 11) is 0. The maximum absolute atomic E-state index is 5.96. The third kappa shape index (κ3) is 2.18. The molecule has 0 atom stereocenters. The predicted octanol–water partition coefficient (Wildman–Crippen LogP) is 3.03. The number of rotatable bonds is 4. The summed E-state index contributed by atoms with van der Waals surface area (Å²) in [6.07, 6.45) is 7.75.